The van der Waals surface area contributed by atoms with Crippen molar-refractivity contribution in [3.8, 4) is 0 Å². The van der Waals surface area contributed by atoms with Crippen molar-refractivity contribution in [2.24, 2.45) is 11.8 Å². The summed E-state index contributed by atoms with van der Waals surface area (Å²) in [6, 6.07) is -0.0278. The van der Waals surface area contributed by atoms with Crippen molar-refractivity contribution in [1.82, 2.24) is 0 Å². The Balaban J connectivity index is 0.000001000. The number of hydrogen-bond donors (Lipinski definition) is 0. The van der Waals surface area contributed by atoms with Gasteiger partial charge in [-0.2, -0.15) is 0 Å². The van der Waals surface area contributed by atoms with Gasteiger partial charge < -0.3 is 4.74 Å². The van der Waals surface area contributed by atoms with E-state index in [2.05, 4.69) is 20.8 Å². The molecule has 1 heterocycles. The molecule has 11 heavy (non-hydrogen) atoms. The fourth-order valence-electron chi connectivity index (χ4n) is 1.56. The van der Waals surface area contributed by atoms with Crippen LogP contribution in [0.4, 0.5) is 0 Å². The molecule has 2 radical (unpaired) electrons. The Hall–Kier alpha value is 0.960. The summed E-state index contributed by atoms with van der Waals surface area (Å²) < 4.78 is 5.51. The summed E-state index contributed by atoms with van der Waals surface area (Å²) in [5.74, 6) is 1.14. The van der Waals surface area contributed by atoms with Crippen molar-refractivity contribution in [2.75, 3.05) is 0 Å². The minimum absolute atomic E-state index is 0. The Kier molecular flexibility index (Phi) is 5.28. The Morgan fingerprint density at radius 3 is 2.00 bits per heavy atom. The van der Waals surface area contributed by atoms with Crippen molar-refractivity contribution in [2.45, 2.75) is 39.3 Å². The molecule has 0 aromatic carbocycles. The van der Waals surface area contributed by atoms with Crippen molar-refractivity contribution in [3.63, 3.8) is 0 Å². The topological polar surface area (TPSA) is 9.23 Å². The van der Waals surface area contributed by atoms with Crippen LogP contribution < -0.4 is 0 Å². The van der Waals surface area contributed by atoms with Gasteiger partial charge in [0.1, 0.15) is 7.85 Å². The molecule has 1 nitrogen and oxygen atoms in total. The van der Waals surface area contributed by atoms with Crippen LogP contribution in [-0.4, -0.2) is 20.0 Å². The van der Waals surface area contributed by atoms with Gasteiger partial charge in [0, 0.05) is 33.7 Å². The molecule has 0 N–H and O–H groups in total. The molecular weight excluding hydrogens is 323 g/mol. The van der Waals surface area contributed by atoms with Crippen LogP contribution in [0.25, 0.3) is 0 Å². The monoisotopic (exact) mass is 340 g/mol. The molecule has 3 heteroatoms. The molecule has 58 valence electrons. The van der Waals surface area contributed by atoms with E-state index in [4.69, 9.17) is 12.6 Å². The molecule has 0 spiro atoms. The van der Waals surface area contributed by atoms with Gasteiger partial charge in [0.2, 0.25) is 0 Å². The van der Waals surface area contributed by atoms with Crippen molar-refractivity contribution >= 4 is 7.85 Å². The zero-order valence-electron chi connectivity index (χ0n) is 7.71. The molecule has 0 aromatic rings. The fraction of sp³-hybridized carbons (Fsp3) is 1.00. The van der Waals surface area contributed by atoms with Crippen LogP contribution in [0.5, 0.6) is 0 Å². The molecule has 1 unspecified atom stereocenters. The minimum Gasteiger partial charge on any atom is -0.384 e. The maximum Gasteiger partial charge on any atom is 0.109 e. The van der Waals surface area contributed by atoms with Gasteiger partial charge in [-0.1, -0.05) is 20.8 Å². The molecule has 0 aromatic heterocycles. The van der Waals surface area contributed by atoms with Crippen molar-refractivity contribution in [1.29, 1.82) is 0 Å². The van der Waals surface area contributed by atoms with E-state index in [9.17, 15) is 0 Å². The van der Waals surface area contributed by atoms with E-state index in [1.807, 2.05) is 0 Å². The fourth-order valence-corrected chi connectivity index (χ4v) is 1.56. The molecule has 0 bridgehead atoms. The quantitative estimate of drug-likeness (QED) is 0.659. The average Bonchev–Trinajstić information content (AvgIpc) is 2.17. The summed E-state index contributed by atoms with van der Waals surface area (Å²) in [6.07, 6.45) is 1.48. The van der Waals surface area contributed by atoms with Crippen LogP contribution >= 0.6 is 0 Å². The standard InChI is InChI=1S/C8H15BO.Hg/c1-4-7-5(2)6(3)8(9)10-7;/h5-8H,4H2,1-3H3;/t5?,6-,7+,8+;/m0./s1. The predicted octanol–water partition coefficient (Wildman–Crippen LogP) is 1.56. The SMILES string of the molecule is [B][C@@H]1O[C@H](CC)C(C)[C@@H]1C.[Hg]. The largest absolute Gasteiger partial charge is 0.384 e. The summed E-state index contributed by atoms with van der Waals surface area (Å²) in [7, 11) is 5.71. The number of rotatable bonds is 1. The van der Waals surface area contributed by atoms with E-state index in [1.165, 1.54) is 0 Å². The van der Waals surface area contributed by atoms with E-state index in [-0.39, 0.29) is 33.7 Å². The number of hydrogen-bond acceptors (Lipinski definition) is 1. The van der Waals surface area contributed by atoms with Gasteiger partial charge in [0.25, 0.3) is 0 Å². The van der Waals surface area contributed by atoms with Crippen molar-refractivity contribution in [3.05, 3.63) is 0 Å². The molecule has 1 aliphatic rings. The first-order valence-electron chi connectivity index (χ1n) is 4.07. The molecule has 4 atom stereocenters. The summed E-state index contributed by atoms with van der Waals surface area (Å²) in [6.45, 7) is 6.52. The van der Waals surface area contributed by atoms with Crippen molar-refractivity contribution < 1.29 is 32.4 Å². The van der Waals surface area contributed by atoms with E-state index >= 15 is 0 Å². The molecule has 1 rings (SSSR count). The third kappa shape index (κ3) is 2.45. The van der Waals surface area contributed by atoms with Crippen LogP contribution in [0, 0.1) is 11.8 Å². The predicted molar refractivity (Wildman–Crippen MR) is 43.0 cm³/mol. The molecular formula is C8H15BHgO. The Labute approximate surface area is 91.2 Å². The Morgan fingerprint density at radius 2 is 1.82 bits per heavy atom. The van der Waals surface area contributed by atoms with Gasteiger partial charge in [0.05, 0.1) is 6.10 Å². The third-order valence-corrected chi connectivity index (χ3v) is 2.67. The smallest absolute Gasteiger partial charge is 0.109 e. The van der Waals surface area contributed by atoms with Gasteiger partial charge in [-0.3, -0.25) is 0 Å². The molecule has 1 fully saturated rings. The van der Waals surface area contributed by atoms with Crippen LogP contribution in [0.1, 0.15) is 27.2 Å². The molecule has 0 aliphatic carbocycles. The van der Waals surface area contributed by atoms with Gasteiger partial charge in [-0.25, -0.2) is 0 Å². The average molecular weight is 339 g/mol. The van der Waals surface area contributed by atoms with Crippen LogP contribution in [0.3, 0.4) is 0 Å². The maximum absolute atomic E-state index is 5.71. The summed E-state index contributed by atoms with van der Waals surface area (Å²) in [4.78, 5) is 0. The summed E-state index contributed by atoms with van der Waals surface area (Å²) in [5.41, 5.74) is 0. The minimum atomic E-state index is -0.0278. The second-order valence-corrected chi connectivity index (χ2v) is 3.27. The zero-order valence-corrected chi connectivity index (χ0v) is 13.2. The number of ether oxygens (including phenoxy) is 1. The second kappa shape index (κ2) is 4.86. The van der Waals surface area contributed by atoms with Crippen LogP contribution in [0.15, 0.2) is 0 Å². The van der Waals surface area contributed by atoms with E-state index in [1.54, 1.807) is 0 Å². The first kappa shape index (κ1) is 12.0. The second-order valence-electron chi connectivity index (χ2n) is 3.27. The molecule has 1 aliphatic heterocycles. The van der Waals surface area contributed by atoms with Crippen LogP contribution in [0.2, 0.25) is 0 Å². The van der Waals surface area contributed by atoms with E-state index in [0.29, 0.717) is 17.9 Å². The summed E-state index contributed by atoms with van der Waals surface area (Å²) >= 11 is 0. The molecule has 0 saturated carbocycles. The third-order valence-electron chi connectivity index (χ3n) is 2.67. The molecule has 1 saturated heterocycles. The maximum atomic E-state index is 5.71. The summed E-state index contributed by atoms with van der Waals surface area (Å²) in [5, 5.41) is 0. The Bertz CT molecular complexity index is 121. The van der Waals surface area contributed by atoms with Gasteiger partial charge in [-0.05, 0) is 18.3 Å². The first-order valence-corrected chi connectivity index (χ1v) is 4.07. The van der Waals surface area contributed by atoms with Crippen LogP contribution in [-0.2, 0) is 32.4 Å². The zero-order chi connectivity index (χ0) is 7.72. The Morgan fingerprint density at radius 1 is 1.27 bits per heavy atom. The first-order chi connectivity index (χ1) is 4.66. The van der Waals surface area contributed by atoms with E-state index in [0.717, 1.165) is 6.42 Å². The molecule has 0 amide bonds. The normalized spacial score (nSPS) is 43.5. The van der Waals surface area contributed by atoms with E-state index < -0.39 is 0 Å². The van der Waals surface area contributed by atoms with Gasteiger partial charge in [0.15, 0.2) is 0 Å². The van der Waals surface area contributed by atoms with Gasteiger partial charge in [-0.15, -0.1) is 0 Å². The van der Waals surface area contributed by atoms with Gasteiger partial charge >= 0.3 is 0 Å².